The molecule has 1 aromatic carbocycles. The first-order valence-electron chi connectivity index (χ1n) is 15.1. The Hall–Kier alpha value is -2.45. The van der Waals surface area contributed by atoms with Crippen molar-refractivity contribution in [1.82, 2.24) is 0 Å². The highest BCUT2D eigenvalue weighted by atomic mass is 32.2. The van der Waals surface area contributed by atoms with Gasteiger partial charge in [-0.1, -0.05) is 121 Å². The smallest absolute Gasteiger partial charge is 0.340 e. The van der Waals surface area contributed by atoms with Gasteiger partial charge in [-0.2, -0.15) is 8.42 Å². The number of hydrogen-bond acceptors (Lipinski definition) is 6. The molecule has 0 saturated heterocycles. The number of ether oxygens (including phenoxy) is 2. The summed E-state index contributed by atoms with van der Waals surface area (Å²) in [4.78, 5) is 24.8. The second-order valence-corrected chi connectivity index (χ2v) is 11.5. The van der Waals surface area contributed by atoms with Crippen molar-refractivity contribution in [3.8, 4) is 0 Å². The van der Waals surface area contributed by atoms with E-state index >= 15 is 0 Å². The number of unbranched alkanes of at least 4 members (excludes halogenated alkanes) is 14. The van der Waals surface area contributed by atoms with Gasteiger partial charge in [0.05, 0.1) is 11.1 Å². The van der Waals surface area contributed by atoms with E-state index in [1.54, 1.807) is 12.2 Å². The summed E-state index contributed by atoms with van der Waals surface area (Å²) in [6.45, 7) is 4.31. The second kappa shape index (κ2) is 22.3. The number of carbonyl (C=O) groups is 2. The third kappa shape index (κ3) is 16.0. The molecule has 1 rings (SSSR count). The zero-order valence-electron chi connectivity index (χ0n) is 24.6. The molecule has 40 heavy (non-hydrogen) atoms. The van der Waals surface area contributed by atoms with Gasteiger partial charge in [-0.15, -0.1) is 0 Å². The second-order valence-electron chi connectivity index (χ2n) is 10.1. The number of esters is 2. The molecule has 0 radical (unpaired) electrons. The van der Waals surface area contributed by atoms with Crippen LogP contribution in [-0.2, 0) is 19.6 Å². The first-order valence-corrected chi connectivity index (χ1v) is 16.5. The van der Waals surface area contributed by atoms with Crippen LogP contribution in [0.1, 0.15) is 137 Å². The molecule has 0 saturated carbocycles. The SMILES string of the molecule is CCCCCCCCC/C=C/COC(=O)c1cccc(S(=O)(=O)O)c1C(=O)OC/C=C/CCCCCCCCC. The molecular weight excluding hydrogens is 528 g/mol. The highest BCUT2D eigenvalue weighted by Gasteiger charge is 2.28. The van der Waals surface area contributed by atoms with Gasteiger partial charge >= 0.3 is 11.9 Å². The lowest BCUT2D eigenvalue weighted by molar-refractivity contribution is 0.0499. The maximum Gasteiger partial charge on any atom is 0.340 e. The van der Waals surface area contributed by atoms with Crippen LogP contribution in [0.2, 0.25) is 0 Å². The molecule has 0 spiro atoms. The van der Waals surface area contributed by atoms with Crippen LogP contribution in [0.5, 0.6) is 0 Å². The highest BCUT2D eigenvalue weighted by Crippen LogP contribution is 2.22. The monoisotopic (exact) mass is 578 g/mol. The lowest BCUT2D eigenvalue weighted by atomic mass is 10.1. The Morgan fingerprint density at radius 1 is 0.675 bits per heavy atom. The summed E-state index contributed by atoms with van der Waals surface area (Å²) in [5, 5.41) is 0. The molecule has 0 aromatic heterocycles. The molecule has 226 valence electrons. The van der Waals surface area contributed by atoms with Gasteiger partial charge in [0, 0.05) is 0 Å². The minimum atomic E-state index is -4.78. The molecule has 0 atom stereocenters. The normalized spacial score (nSPS) is 11.9. The quantitative estimate of drug-likeness (QED) is 0.0599. The van der Waals surface area contributed by atoms with Crippen molar-refractivity contribution >= 4 is 22.1 Å². The van der Waals surface area contributed by atoms with Crippen LogP contribution in [0.25, 0.3) is 0 Å². The number of carbonyl (C=O) groups excluding carboxylic acids is 2. The van der Waals surface area contributed by atoms with Gasteiger partial charge in [0.1, 0.15) is 18.1 Å². The van der Waals surface area contributed by atoms with Gasteiger partial charge in [0.25, 0.3) is 10.1 Å². The first kappa shape index (κ1) is 35.6. The fourth-order valence-corrected chi connectivity index (χ4v) is 5.04. The van der Waals surface area contributed by atoms with Gasteiger partial charge in [-0.05, 0) is 37.8 Å². The lowest BCUT2D eigenvalue weighted by Gasteiger charge is -2.11. The van der Waals surface area contributed by atoms with Crippen LogP contribution in [0.15, 0.2) is 47.4 Å². The topological polar surface area (TPSA) is 107 Å². The molecular formula is C32H50O7S. The van der Waals surface area contributed by atoms with Gasteiger partial charge < -0.3 is 9.47 Å². The number of benzene rings is 1. The molecule has 0 fully saturated rings. The predicted octanol–water partition coefficient (Wildman–Crippen LogP) is 8.64. The third-order valence-corrected chi connectivity index (χ3v) is 7.53. The van der Waals surface area contributed by atoms with Crippen molar-refractivity contribution < 1.29 is 32.0 Å². The standard InChI is InChI=1S/C32H50O7S/c1-3-5-7-9-11-13-15-17-19-21-26-38-31(33)28-24-23-25-29(40(35,36)37)30(28)32(34)39-27-22-20-18-16-14-12-10-8-6-4-2/h19-25H,3-18,26-27H2,1-2H3,(H,35,36,37)/b21-19+,22-20+. The molecule has 0 aliphatic rings. The van der Waals surface area contributed by atoms with E-state index in [-0.39, 0.29) is 18.8 Å². The molecule has 0 unspecified atom stereocenters. The van der Waals surface area contributed by atoms with Crippen LogP contribution in [-0.4, -0.2) is 38.1 Å². The van der Waals surface area contributed by atoms with Crippen LogP contribution in [0.4, 0.5) is 0 Å². The van der Waals surface area contributed by atoms with E-state index in [4.69, 9.17) is 9.47 Å². The first-order chi connectivity index (χ1) is 19.3. The fourth-order valence-electron chi connectivity index (χ4n) is 4.33. The van der Waals surface area contributed by atoms with Crippen LogP contribution < -0.4 is 0 Å². The van der Waals surface area contributed by atoms with Gasteiger partial charge in [-0.3, -0.25) is 4.55 Å². The third-order valence-electron chi connectivity index (χ3n) is 6.63. The van der Waals surface area contributed by atoms with Gasteiger partial charge in [0.15, 0.2) is 0 Å². The van der Waals surface area contributed by atoms with Crippen molar-refractivity contribution in [3.05, 3.63) is 53.6 Å². The molecule has 1 N–H and O–H groups in total. The summed E-state index contributed by atoms with van der Waals surface area (Å²) < 4.78 is 44.0. The van der Waals surface area contributed by atoms with E-state index < -0.39 is 32.5 Å². The maximum atomic E-state index is 12.8. The average Bonchev–Trinajstić information content (AvgIpc) is 2.93. The van der Waals surface area contributed by atoms with Crippen molar-refractivity contribution in [2.75, 3.05) is 13.2 Å². The molecule has 0 bridgehead atoms. The Kier molecular flexibility index (Phi) is 19.8. The molecule has 1 aromatic rings. The Balaban J connectivity index is 2.59. The Morgan fingerprint density at radius 3 is 1.60 bits per heavy atom. The summed E-state index contributed by atoms with van der Waals surface area (Å²) in [6, 6.07) is 3.61. The van der Waals surface area contributed by atoms with Gasteiger partial charge in [-0.25, -0.2) is 9.59 Å². The Labute approximate surface area is 242 Å². The summed E-state index contributed by atoms with van der Waals surface area (Å²) in [7, 11) is -4.78. The van der Waals surface area contributed by atoms with E-state index in [1.165, 1.54) is 76.3 Å². The fraction of sp³-hybridized carbons (Fsp3) is 0.625. The average molecular weight is 579 g/mol. The minimum absolute atomic E-state index is 0.0126. The van der Waals surface area contributed by atoms with Crippen molar-refractivity contribution in [2.24, 2.45) is 0 Å². The molecule has 8 heteroatoms. The summed E-state index contributed by atoms with van der Waals surface area (Å²) in [5.74, 6) is -1.89. The van der Waals surface area contributed by atoms with E-state index in [0.29, 0.717) is 0 Å². The molecule has 0 heterocycles. The van der Waals surface area contributed by atoms with Crippen molar-refractivity contribution in [2.45, 2.75) is 121 Å². The number of allylic oxidation sites excluding steroid dienone is 2. The molecule has 0 amide bonds. The van der Waals surface area contributed by atoms with Crippen molar-refractivity contribution in [1.29, 1.82) is 0 Å². The highest BCUT2D eigenvalue weighted by molar-refractivity contribution is 7.86. The van der Waals surface area contributed by atoms with Crippen LogP contribution in [0, 0.1) is 0 Å². The Bertz CT molecular complexity index is 1010. The van der Waals surface area contributed by atoms with E-state index in [1.807, 2.05) is 12.2 Å². The lowest BCUT2D eigenvalue weighted by Crippen LogP contribution is -2.18. The summed E-state index contributed by atoms with van der Waals surface area (Å²) >= 11 is 0. The van der Waals surface area contributed by atoms with Crippen molar-refractivity contribution in [3.63, 3.8) is 0 Å². The Morgan fingerprint density at radius 2 is 1.12 bits per heavy atom. The van der Waals surface area contributed by atoms with E-state index in [0.717, 1.165) is 44.6 Å². The van der Waals surface area contributed by atoms with E-state index in [2.05, 4.69) is 13.8 Å². The predicted molar refractivity (Wildman–Crippen MR) is 160 cm³/mol. The zero-order chi connectivity index (χ0) is 29.5. The molecule has 0 aliphatic carbocycles. The molecule has 7 nitrogen and oxygen atoms in total. The van der Waals surface area contributed by atoms with Gasteiger partial charge in [0.2, 0.25) is 0 Å². The zero-order valence-corrected chi connectivity index (χ0v) is 25.4. The van der Waals surface area contributed by atoms with Crippen LogP contribution >= 0.6 is 0 Å². The van der Waals surface area contributed by atoms with Crippen LogP contribution in [0.3, 0.4) is 0 Å². The largest absolute Gasteiger partial charge is 0.458 e. The molecule has 0 aliphatic heterocycles. The summed E-state index contributed by atoms with van der Waals surface area (Å²) in [5.41, 5.74) is -0.796. The number of hydrogen-bond donors (Lipinski definition) is 1. The maximum absolute atomic E-state index is 12.8. The number of rotatable bonds is 23. The minimum Gasteiger partial charge on any atom is -0.458 e. The van der Waals surface area contributed by atoms with E-state index in [9.17, 15) is 22.6 Å². The summed E-state index contributed by atoms with van der Waals surface area (Å²) in [6.07, 6.45) is 26.0.